The molecule has 0 saturated carbocycles. The number of aromatic amines is 1. The van der Waals surface area contributed by atoms with E-state index in [1.165, 1.54) is 16.9 Å². The van der Waals surface area contributed by atoms with Crippen LogP contribution in [0, 0.1) is 0 Å². The minimum absolute atomic E-state index is 0.0740. The first kappa shape index (κ1) is 11.6. The van der Waals surface area contributed by atoms with E-state index in [0.717, 1.165) is 54.8 Å². The summed E-state index contributed by atoms with van der Waals surface area (Å²) in [6, 6.07) is 0. The molecule has 0 radical (unpaired) electrons. The lowest BCUT2D eigenvalue weighted by Crippen LogP contribution is -2.30. The molecule has 100 valence electrons. The molecule has 19 heavy (non-hydrogen) atoms. The number of H-pyrrole nitrogens is 1. The third-order valence-electron chi connectivity index (χ3n) is 4.28. The molecule has 2 aliphatic rings. The fraction of sp³-hybridized carbons (Fsp3) is 0.571. The van der Waals surface area contributed by atoms with Crippen molar-refractivity contribution in [3.63, 3.8) is 0 Å². The maximum Gasteiger partial charge on any atom is 0.259 e. The number of hydrogen-bond acceptors (Lipinski definition) is 4. The fourth-order valence-electron chi connectivity index (χ4n) is 3.30. The number of piperidine rings is 1. The number of aryl methyl sites for hydroxylation is 2. The Bertz CT molecular complexity index is 682. The van der Waals surface area contributed by atoms with Crippen LogP contribution < -0.4 is 10.9 Å². The van der Waals surface area contributed by atoms with Gasteiger partial charge in [0.2, 0.25) is 0 Å². The molecule has 0 spiro atoms. The van der Waals surface area contributed by atoms with E-state index in [2.05, 4.69) is 10.3 Å². The highest BCUT2D eigenvalue weighted by molar-refractivity contribution is 7.18. The van der Waals surface area contributed by atoms with Crippen molar-refractivity contribution >= 4 is 21.6 Å². The molecule has 0 amide bonds. The van der Waals surface area contributed by atoms with Crippen LogP contribution >= 0.6 is 11.3 Å². The highest BCUT2D eigenvalue weighted by Gasteiger charge is 2.23. The molecular weight excluding hydrogens is 258 g/mol. The van der Waals surface area contributed by atoms with Crippen LogP contribution in [-0.2, 0) is 12.8 Å². The maximum absolute atomic E-state index is 12.4. The van der Waals surface area contributed by atoms with Gasteiger partial charge in [-0.2, -0.15) is 0 Å². The summed E-state index contributed by atoms with van der Waals surface area (Å²) in [4.78, 5) is 22.5. The summed E-state index contributed by atoms with van der Waals surface area (Å²) in [6.07, 6.45) is 5.63. The van der Waals surface area contributed by atoms with E-state index in [1.54, 1.807) is 11.3 Å². The largest absolute Gasteiger partial charge is 0.316 e. The van der Waals surface area contributed by atoms with E-state index in [4.69, 9.17) is 4.98 Å². The van der Waals surface area contributed by atoms with E-state index in [9.17, 15) is 4.79 Å². The van der Waals surface area contributed by atoms with Crippen molar-refractivity contribution in [3.8, 4) is 0 Å². The van der Waals surface area contributed by atoms with E-state index in [-0.39, 0.29) is 5.56 Å². The van der Waals surface area contributed by atoms with Gasteiger partial charge in [-0.25, -0.2) is 4.98 Å². The van der Waals surface area contributed by atoms with E-state index >= 15 is 0 Å². The Morgan fingerprint density at radius 2 is 2.21 bits per heavy atom. The number of rotatable bonds is 1. The average molecular weight is 275 g/mol. The fourth-order valence-corrected chi connectivity index (χ4v) is 4.57. The lowest BCUT2D eigenvalue weighted by molar-refractivity contribution is 0.447. The van der Waals surface area contributed by atoms with Crippen molar-refractivity contribution in [2.75, 3.05) is 13.1 Å². The minimum Gasteiger partial charge on any atom is -0.316 e. The smallest absolute Gasteiger partial charge is 0.259 e. The van der Waals surface area contributed by atoms with Gasteiger partial charge in [-0.15, -0.1) is 11.3 Å². The second-order valence-electron chi connectivity index (χ2n) is 5.53. The quantitative estimate of drug-likeness (QED) is 0.836. The van der Waals surface area contributed by atoms with Crippen LogP contribution in [-0.4, -0.2) is 23.1 Å². The van der Waals surface area contributed by atoms with Crippen LogP contribution in [0.4, 0.5) is 0 Å². The van der Waals surface area contributed by atoms with Gasteiger partial charge in [0.1, 0.15) is 10.7 Å². The van der Waals surface area contributed by atoms with Crippen molar-refractivity contribution in [3.05, 3.63) is 26.6 Å². The van der Waals surface area contributed by atoms with Gasteiger partial charge in [-0.1, -0.05) is 0 Å². The van der Waals surface area contributed by atoms with Crippen molar-refractivity contribution < 1.29 is 0 Å². The first-order valence-corrected chi connectivity index (χ1v) is 7.90. The topological polar surface area (TPSA) is 57.8 Å². The van der Waals surface area contributed by atoms with Gasteiger partial charge in [-0.05, 0) is 44.2 Å². The second kappa shape index (κ2) is 4.42. The van der Waals surface area contributed by atoms with Gasteiger partial charge in [0.15, 0.2) is 0 Å². The predicted octanol–water partition coefficient (Wildman–Crippen LogP) is 1.94. The first-order valence-electron chi connectivity index (χ1n) is 7.08. The maximum atomic E-state index is 12.4. The van der Waals surface area contributed by atoms with Crippen LogP contribution in [0.3, 0.4) is 0 Å². The Balaban J connectivity index is 1.84. The molecule has 1 aliphatic carbocycles. The van der Waals surface area contributed by atoms with Crippen LogP contribution in [0.25, 0.3) is 10.2 Å². The van der Waals surface area contributed by atoms with Crippen molar-refractivity contribution in [1.82, 2.24) is 15.3 Å². The summed E-state index contributed by atoms with van der Waals surface area (Å²) in [7, 11) is 0. The predicted molar refractivity (Wildman–Crippen MR) is 77.1 cm³/mol. The molecule has 0 aromatic carbocycles. The molecule has 2 aromatic rings. The summed E-state index contributed by atoms with van der Waals surface area (Å²) < 4.78 is 0. The number of nitrogens with one attached hydrogen (secondary N) is 2. The van der Waals surface area contributed by atoms with Crippen molar-refractivity contribution in [2.45, 2.75) is 38.0 Å². The van der Waals surface area contributed by atoms with Gasteiger partial charge in [0, 0.05) is 17.3 Å². The summed E-state index contributed by atoms with van der Waals surface area (Å²) in [5.41, 5.74) is 1.34. The normalized spacial score (nSPS) is 22.8. The summed E-state index contributed by atoms with van der Waals surface area (Å²) in [6.45, 7) is 2.01. The van der Waals surface area contributed by atoms with Gasteiger partial charge >= 0.3 is 0 Å². The second-order valence-corrected chi connectivity index (χ2v) is 6.62. The molecule has 2 aromatic heterocycles. The molecule has 1 saturated heterocycles. The molecule has 1 unspecified atom stereocenters. The lowest BCUT2D eigenvalue weighted by Gasteiger charge is -2.21. The standard InChI is InChI=1S/C14H17N3OS/c18-13-11-9-4-1-5-10(9)19-14(11)17-12(16-13)8-3-2-6-15-7-8/h8,15H,1-7H2,(H,16,17,18). The van der Waals surface area contributed by atoms with Gasteiger partial charge < -0.3 is 10.3 Å². The Kier molecular flexibility index (Phi) is 2.70. The highest BCUT2D eigenvalue weighted by atomic mass is 32.1. The van der Waals surface area contributed by atoms with Crippen LogP contribution in [0.1, 0.15) is 41.4 Å². The zero-order valence-electron chi connectivity index (χ0n) is 10.8. The Hall–Kier alpha value is -1.20. The third-order valence-corrected chi connectivity index (χ3v) is 5.46. The number of thiophene rings is 1. The van der Waals surface area contributed by atoms with Crippen molar-refractivity contribution in [1.29, 1.82) is 0 Å². The Morgan fingerprint density at radius 1 is 1.26 bits per heavy atom. The van der Waals surface area contributed by atoms with Gasteiger partial charge in [0.25, 0.3) is 5.56 Å². The number of hydrogen-bond donors (Lipinski definition) is 2. The molecule has 1 aliphatic heterocycles. The van der Waals surface area contributed by atoms with Crippen LogP contribution in [0.5, 0.6) is 0 Å². The summed E-state index contributed by atoms with van der Waals surface area (Å²) in [5, 5.41) is 4.25. The zero-order chi connectivity index (χ0) is 12.8. The monoisotopic (exact) mass is 275 g/mol. The molecule has 4 nitrogen and oxygen atoms in total. The SMILES string of the molecule is O=c1[nH]c(C2CCCNC2)nc2sc3c(c12)CCC3. The molecule has 0 bridgehead atoms. The first-order chi connectivity index (χ1) is 9.33. The number of fused-ring (bicyclic) bond motifs is 3. The van der Waals surface area contributed by atoms with Gasteiger partial charge in [0.05, 0.1) is 5.39 Å². The zero-order valence-corrected chi connectivity index (χ0v) is 11.6. The summed E-state index contributed by atoms with van der Waals surface area (Å²) >= 11 is 1.73. The molecule has 5 heteroatoms. The molecule has 4 rings (SSSR count). The van der Waals surface area contributed by atoms with Gasteiger partial charge in [-0.3, -0.25) is 4.79 Å². The van der Waals surface area contributed by atoms with E-state index < -0.39 is 0 Å². The third kappa shape index (κ3) is 1.83. The van der Waals surface area contributed by atoms with Crippen molar-refractivity contribution in [2.24, 2.45) is 0 Å². The molecule has 1 atom stereocenters. The number of aromatic nitrogens is 2. The number of nitrogens with zero attached hydrogens (tertiary/aromatic N) is 1. The van der Waals surface area contributed by atoms with E-state index in [1.807, 2.05) is 0 Å². The Morgan fingerprint density at radius 3 is 3.05 bits per heavy atom. The summed E-state index contributed by atoms with van der Waals surface area (Å²) in [5.74, 6) is 1.24. The molecule has 2 N–H and O–H groups in total. The van der Waals surface area contributed by atoms with Crippen LogP contribution in [0.15, 0.2) is 4.79 Å². The highest BCUT2D eigenvalue weighted by Crippen LogP contribution is 2.35. The molecular formula is C14H17N3OS. The molecule has 3 heterocycles. The average Bonchev–Trinajstić information content (AvgIpc) is 2.99. The molecule has 1 fully saturated rings. The van der Waals surface area contributed by atoms with E-state index in [0.29, 0.717) is 5.92 Å². The lowest BCUT2D eigenvalue weighted by atomic mass is 9.99. The Labute approximate surface area is 115 Å². The minimum atomic E-state index is 0.0740. The van der Waals surface area contributed by atoms with Crippen LogP contribution in [0.2, 0.25) is 0 Å².